The molecule has 0 bridgehead atoms. The Morgan fingerprint density at radius 3 is 2.70 bits per heavy atom. The van der Waals surface area contributed by atoms with Crippen LogP contribution in [0.5, 0.6) is 0 Å². The molecular formula is C10H7BrF3N5O. The van der Waals surface area contributed by atoms with Crippen LogP contribution in [-0.4, -0.2) is 21.1 Å². The minimum Gasteiger partial charge on any atom is -0.397 e. The van der Waals surface area contributed by atoms with Crippen molar-refractivity contribution in [1.29, 1.82) is 0 Å². The molecule has 0 saturated carbocycles. The van der Waals surface area contributed by atoms with E-state index < -0.39 is 22.3 Å². The van der Waals surface area contributed by atoms with E-state index >= 15 is 0 Å². The van der Waals surface area contributed by atoms with Crippen LogP contribution in [0.15, 0.2) is 22.9 Å². The highest BCUT2D eigenvalue weighted by molar-refractivity contribution is 9.10. The molecule has 2 aromatic heterocycles. The van der Waals surface area contributed by atoms with Crippen LogP contribution >= 0.6 is 15.9 Å². The number of carbonyl (C=O) groups excluding carboxylic acids is 1. The highest BCUT2D eigenvalue weighted by Gasteiger charge is 2.35. The number of nitrogens with one attached hydrogen (secondary N) is 2. The summed E-state index contributed by atoms with van der Waals surface area (Å²) < 4.78 is 37.4. The fourth-order valence-electron chi connectivity index (χ4n) is 1.39. The Hall–Kier alpha value is -2.10. The second-order valence-corrected chi connectivity index (χ2v) is 4.44. The third kappa shape index (κ3) is 2.90. The fraction of sp³-hybridized carbons (Fsp3) is 0.100. The summed E-state index contributed by atoms with van der Waals surface area (Å²) >= 11 is 2.68. The molecule has 0 atom stereocenters. The van der Waals surface area contributed by atoms with Crippen molar-refractivity contribution in [3.8, 4) is 0 Å². The predicted molar refractivity (Wildman–Crippen MR) is 67.9 cm³/mol. The van der Waals surface area contributed by atoms with Crippen molar-refractivity contribution >= 4 is 33.3 Å². The first-order valence-corrected chi connectivity index (χ1v) is 5.92. The van der Waals surface area contributed by atoms with Crippen LogP contribution < -0.4 is 11.1 Å². The maximum atomic E-state index is 12.6. The van der Waals surface area contributed by atoms with E-state index in [1.807, 2.05) is 0 Å². The van der Waals surface area contributed by atoms with Gasteiger partial charge in [0.05, 0.1) is 17.4 Å². The first kappa shape index (κ1) is 14.3. The molecule has 2 aromatic rings. The van der Waals surface area contributed by atoms with E-state index in [-0.39, 0.29) is 17.2 Å². The summed E-state index contributed by atoms with van der Waals surface area (Å²) in [4.78, 5) is 15.4. The molecule has 0 aliphatic carbocycles. The maximum absolute atomic E-state index is 12.6. The lowest BCUT2D eigenvalue weighted by Crippen LogP contribution is -2.18. The zero-order valence-electron chi connectivity index (χ0n) is 9.62. The summed E-state index contributed by atoms with van der Waals surface area (Å²) in [5.41, 5.74) is 3.70. The summed E-state index contributed by atoms with van der Waals surface area (Å²) in [6.45, 7) is 0. The van der Waals surface area contributed by atoms with Gasteiger partial charge in [-0.2, -0.15) is 18.3 Å². The van der Waals surface area contributed by atoms with E-state index in [0.29, 0.717) is 6.07 Å². The number of rotatable bonds is 2. The van der Waals surface area contributed by atoms with Crippen molar-refractivity contribution in [1.82, 2.24) is 15.2 Å². The molecule has 0 unspecified atom stereocenters. The molecule has 2 rings (SSSR count). The van der Waals surface area contributed by atoms with Crippen LogP contribution in [0, 0.1) is 0 Å². The molecule has 0 fully saturated rings. The van der Waals surface area contributed by atoms with Crippen LogP contribution in [0.4, 0.5) is 24.7 Å². The number of anilines is 2. The number of pyridine rings is 1. The van der Waals surface area contributed by atoms with Crippen LogP contribution in [0.1, 0.15) is 16.1 Å². The van der Waals surface area contributed by atoms with Gasteiger partial charge in [0.25, 0.3) is 5.91 Å². The Kier molecular flexibility index (Phi) is 3.66. The molecule has 0 aromatic carbocycles. The Morgan fingerprint density at radius 1 is 1.45 bits per heavy atom. The highest BCUT2D eigenvalue weighted by Crippen LogP contribution is 2.35. The fourth-order valence-corrected chi connectivity index (χ4v) is 1.91. The van der Waals surface area contributed by atoms with Gasteiger partial charge in [0, 0.05) is 6.07 Å². The number of hydrogen-bond acceptors (Lipinski definition) is 4. The molecule has 1 amide bonds. The lowest BCUT2D eigenvalue weighted by Gasteiger charge is -2.12. The van der Waals surface area contributed by atoms with Gasteiger partial charge in [0.1, 0.15) is 10.4 Å². The molecule has 20 heavy (non-hydrogen) atoms. The second-order valence-electron chi connectivity index (χ2n) is 3.69. The molecule has 0 radical (unpaired) electrons. The van der Waals surface area contributed by atoms with Crippen LogP contribution in [0.2, 0.25) is 0 Å². The Bertz CT molecular complexity index is 641. The SMILES string of the molecule is Nc1cc(C(F)(F)F)c(Br)nc1C(=O)Nc1ccn[nH]1. The molecule has 4 N–H and O–H groups in total. The van der Waals surface area contributed by atoms with Gasteiger partial charge in [-0.3, -0.25) is 9.89 Å². The van der Waals surface area contributed by atoms with E-state index in [9.17, 15) is 18.0 Å². The minimum absolute atomic E-state index is 0.271. The van der Waals surface area contributed by atoms with Crippen molar-refractivity contribution in [2.24, 2.45) is 0 Å². The molecule has 0 saturated heterocycles. The molecule has 0 spiro atoms. The lowest BCUT2D eigenvalue weighted by atomic mass is 10.2. The van der Waals surface area contributed by atoms with Crippen LogP contribution in [0.3, 0.4) is 0 Å². The van der Waals surface area contributed by atoms with Crippen LogP contribution in [0.25, 0.3) is 0 Å². The number of alkyl halides is 3. The lowest BCUT2D eigenvalue weighted by molar-refractivity contribution is -0.138. The van der Waals surface area contributed by atoms with Gasteiger partial charge in [0.2, 0.25) is 0 Å². The van der Waals surface area contributed by atoms with Crippen molar-refractivity contribution in [3.63, 3.8) is 0 Å². The zero-order valence-corrected chi connectivity index (χ0v) is 11.2. The largest absolute Gasteiger partial charge is 0.419 e. The topological polar surface area (TPSA) is 96.7 Å². The van der Waals surface area contributed by atoms with E-state index in [1.54, 1.807) is 0 Å². The number of aromatic nitrogens is 3. The zero-order chi connectivity index (χ0) is 14.9. The number of nitrogen functional groups attached to an aromatic ring is 1. The van der Waals surface area contributed by atoms with Gasteiger partial charge in [-0.1, -0.05) is 0 Å². The standard InChI is InChI=1S/C10H7BrF3N5O/c11-8-4(10(12,13)14)3-5(15)7(18-8)9(20)17-6-1-2-16-19-6/h1-3H,15H2,(H2,16,17,19,20). The van der Waals surface area contributed by atoms with Gasteiger partial charge in [0.15, 0.2) is 5.69 Å². The van der Waals surface area contributed by atoms with Gasteiger partial charge >= 0.3 is 6.18 Å². The minimum atomic E-state index is -4.61. The summed E-state index contributed by atoms with van der Waals surface area (Å²) in [7, 11) is 0. The summed E-state index contributed by atoms with van der Waals surface area (Å²) in [6, 6.07) is 2.12. The first-order chi connectivity index (χ1) is 9.29. The van der Waals surface area contributed by atoms with E-state index in [0.717, 1.165) is 0 Å². The summed E-state index contributed by atoms with van der Waals surface area (Å²) in [5, 5.41) is 8.43. The van der Waals surface area contributed by atoms with Gasteiger partial charge in [-0.25, -0.2) is 4.98 Å². The highest BCUT2D eigenvalue weighted by atomic mass is 79.9. The van der Waals surface area contributed by atoms with Crippen molar-refractivity contribution < 1.29 is 18.0 Å². The van der Waals surface area contributed by atoms with Gasteiger partial charge in [-0.15, -0.1) is 0 Å². The average molecular weight is 350 g/mol. The van der Waals surface area contributed by atoms with Gasteiger partial charge in [-0.05, 0) is 22.0 Å². The predicted octanol–water partition coefficient (Wildman–Crippen LogP) is 2.42. The van der Waals surface area contributed by atoms with Crippen molar-refractivity contribution in [2.75, 3.05) is 11.1 Å². The van der Waals surface area contributed by atoms with E-state index in [1.165, 1.54) is 12.3 Å². The molecule has 2 heterocycles. The maximum Gasteiger partial charge on any atom is 0.419 e. The number of halogens is 4. The monoisotopic (exact) mass is 349 g/mol. The molecule has 0 aliphatic rings. The number of nitrogens with zero attached hydrogens (tertiary/aromatic N) is 2. The molecule has 0 aliphatic heterocycles. The normalized spacial score (nSPS) is 11.4. The number of hydrogen-bond donors (Lipinski definition) is 3. The number of nitrogens with two attached hydrogens (primary N) is 1. The smallest absolute Gasteiger partial charge is 0.397 e. The van der Waals surface area contributed by atoms with Crippen molar-refractivity contribution in [2.45, 2.75) is 6.18 Å². The average Bonchev–Trinajstić information content (AvgIpc) is 2.82. The van der Waals surface area contributed by atoms with E-state index in [2.05, 4.69) is 36.4 Å². The number of aromatic amines is 1. The Labute approximate surface area is 118 Å². The van der Waals surface area contributed by atoms with Crippen LogP contribution in [-0.2, 0) is 6.18 Å². The quantitative estimate of drug-likeness (QED) is 0.725. The second kappa shape index (κ2) is 5.12. The number of H-pyrrole nitrogens is 1. The molecule has 6 nitrogen and oxygen atoms in total. The summed E-state index contributed by atoms with van der Waals surface area (Å²) in [6.07, 6.45) is -3.21. The summed E-state index contributed by atoms with van der Waals surface area (Å²) in [5.74, 6) is -0.478. The third-order valence-electron chi connectivity index (χ3n) is 2.27. The Morgan fingerprint density at radius 2 is 2.15 bits per heavy atom. The Balaban J connectivity index is 2.34. The molecule has 10 heteroatoms. The first-order valence-electron chi connectivity index (χ1n) is 5.13. The van der Waals surface area contributed by atoms with E-state index in [4.69, 9.17) is 5.73 Å². The number of carbonyl (C=O) groups is 1. The number of amides is 1. The molecular weight excluding hydrogens is 343 g/mol. The third-order valence-corrected chi connectivity index (χ3v) is 2.88. The molecule has 106 valence electrons. The van der Waals surface area contributed by atoms with Gasteiger partial charge < -0.3 is 11.1 Å². The van der Waals surface area contributed by atoms with Crippen molar-refractivity contribution in [3.05, 3.63) is 34.2 Å².